The first kappa shape index (κ1) is 15.0. The molecule has 4 nitrogen and oxygen atoms in total. The van der Waals surface area contributed by atoms with Gasteiger partial charge in [0, 0.05) is 21.6 Å². The van der Waals surface area contributed by atoms with Gasteiger partial charge in [-0.05, 0) is 47.5 Å². The largest absolute Gasteiger partial charge is 0.376 e. The summed E-state index contributed by atoms with van der Waals surface area (Å²) >= 11 is 6.74. The molecule has 1 amide bonds. The molecule has 6 heteroatoms. The Hall–Kier alpha value is -0.430. The molecule has 0 heterocycles. The Kier molecular flexibility index (Phi) is 5.00. The van der Waals surface area contributed by atoms with Gasteiger partial charge >= 0.3 is 0 Å². The Morgan fingerprint density at radius 1 is 1.53 bits per heavy atom. The maximum atomic E-state index is 12.2. The second kappa shape index (κ2) is 6.35. The van der Waals surface area contributed by atoms with Crippen LogP contribution >= 0.6 is 31.9 Å². The van der Waals surface area contributed by atoms with Crippen LogP contribution in [0.1, 0.15) is 23.7 Å². The van der Waals surface area contributed by atoms with E-state index in [2.05, 4.69) is 37.2 Å². The quantitative estimate of drug-likeness (QED) is 0.828. The first-order valence-corrected chi connectivity index (χ1v) is 7.74. The van der Waals surface area contributed by atoms with Crippen molar-refractivity contribution in [2.45, 2.75) is 31.5 Å². The van der Waals surface area contributed by atoms with Crippen LogP contribution in [0.4, 0.5) is 0 Å². The molecule has 0 aliphatic heterocycles. The van der Waals surface area contributed by atoms with Gasteiger partial charge in [0.25, 0.3) is 5.91 Å². The van der Waals surface area contributed by atoms with Crippen LogP contribution in [0.25, 0.3) is 0 Å². The minimum Gasteiger partial charge on any atom is -0.376 e. The molecule has 1 saturated carbocycles. The summed E-state index contributed by atoms with van der Waals surface area (Å²) in [6.45, 7) is 2.57. The SMILES string of the molecule is CCOC1CC(N)C1NC(=O)c1cc(Br)ccc1Br. The molecule has 104 valence electrons. The molecule has 3 atom stereocenters. The highest BCUT2D eigenvalue weighted by Gasteiger charge is 2.40. The van der Waals surface area contributed by atoms with Gasteiger partial charge in [-0.25, -0.2) is 0 Å². The molecule has 0 radical (unpaired) electrons. The second-order valence-electron chi connectivity index (χ2n) is 4.52. The van der Waals surface area contributed by atoms with Gasteiger partial charge in [-0.2, -0.15) is 0 Å². The van der Waals surface area contributed by atoms with Crippen LogP contribution in [-0.2, 0) is 4.74 Å². The fourth-order valence-corrected chi connectivity index (χ4v) is 2.92. The van der Waals surface area contributed by atoms with Crippen LogP contribution in [0, 0.1) is 0 Å². The van der Waals surface area contributed by atoms with E-state index in [0.29, 0.717) is 12.2 Å². The van der Waals surface area contributed by atoms with E-state index in [0.717, 1.165) is 15.4 Å². The van der Waals surface area contributed by atoms with E-state index in [9.17, 15) is 4.79 Å². The fourth-order valence-electron chi connectivity index (χ4n) is 2.13. The van der Waals surface area contributed by atoms with Crippen LogP contribution in [0.5, 0.6) is 0 Å². The van der Waals surface area contributed by atoms with Gasteiger partial charge in [-0.1, -0.05) is 15.9 Å². The smallest absolute Gasteiger partial charge is 0.252 e. The minimum absolute atomic E-state index is 0.0230. The Morgan fingerprint density at radius 2 is 2.26 bits per heavy atom. The monoisotopic (exact) mass is 390 g/mol. The van der Waals surface area contributed by atoms with Crippen molar-refractivity contribution in [2.24, 2.45) is 5.73 Å². The van der Waals surface area contributed by atoms with Crippen molar-refractivity contribution in [2.75, 3.05) is 6.61 Å². The van der Waals surface area contributed by atoms with Gasteiger partial charge in [-0.3, -0.25) is 4.79 Å². The molecule has 1 aromatic rings. The lowest BCUT2D eigenvalue weighted by Crippen LogP contribution is -2.64. The number of rotatable bonds is 4. The number of hydrogen-bond acceptors (Lipinski definition) is 3. The molecule has 1 fully saturated rings. The molecule has 3 N–H and O–H groups in total. The summed E-state index contributed by atoms with van der Waals surface area (Å²) in [6, 6.07) is 5.34. The summed E-state index contributed by atoms with van der Waals surface area (Å²) in [5.41, 5.74) is 6.51. The normalized spacial score (nSPS) is 25.8. The molecule has 0 aromatic heterocycles. The van der Waals surface area contributed by atoms with E-state index in [1.807, 2.05) is 19.1 Å². The van der Waals surface area contributed by atoms with Crippen molar-refractivity contribution in [1.82, 2.24) is 5.32 Å². The summed E-state index contributed by atoms with van der Waals surface area (Å²) in [5.74, 6) is -0.141. The molecule has 0 saturated heterocycles. The summed E-state index contributed by atoms with van der Waals surface area (Å²) in [7, 11) is 0. The highest BCUT2D eigenvalue weighted by atomic mass is 79.9. The van der Waals surface area contributed by atoms with Crippen molar-refractivity contribution < 1.29 is 9.53 Å². The number of nitrogens with one attached hydrogen (secondary N) is 1. The van der Waals surface area contributed by atoms with Crippen LogP contribution in [-0.4, -0.2) is 30.7 Å². The molecule has 1 aliphatic rings. The van der Waals surface area contributed by atoms with Gasteiger partial charge in [-0.15, -0.1) is 0 Å². The lowest BCUT2D eigenvalue weighted by Gasteiger charge is -2.42. The molecule has 19 heavy (non-hydrogen) atoms. The number of benzene rings is 1. The van der Waals surface area contributed by atoms with Crippen molar-refractivity contribution >= 4 is 37.8 Å². The van der Waals surface area contributed by atoms with Gasteiger partial charge in [0.2, 0.25) is 0 Å². The van der Waals surface area contributed by atoms with Gasteiger partial charge in [0.1, 0.15) is 0 Å². The van der Waals surface area contributed by atoms with Crippen LogP contribution < -0.4 is 11.1 Å². The number of carbonyl (C=O) groups excluding carboxylic acids is 1. The molecule has 1 aliphatic carbocycles. The summed E-state index contributed by atoms with van der Waals surface area (Å²) in [4.78, 5) is 12.2. The standard InChI is InChI=1S/C13H16Br2N2O2/c1-2-19-11-6-10(16)12(11)17-13(18)8-5-7(14)3-4-9(8)15/h3-5,10-12H,2,6,16H2,1H3,(H,17,18). The Labute approximate surface area is 129 Å². The number of ether oxygens (including phenoxy) is 1. The van der Waals surface area contributed by atoms with Gasteiger partial charge in [0.05, 0.1) is 17.7 Å². The minimum atomic E-state index is -0.141. The molecular weight excluding hydrogens is 376 g/mol. The van der Waals surface area contributed by atoms with Gasteiger partial charge in [0.15, 0.2) is 0 Å². The third-order valence-corrected chi connectivity index (χ3v) is 4.40. The summed E-state index contributed by atoms with van der Waals surface area (Å²) in [5, 5.41) is 2.95. The summed E-state index contributed by atoms with van der Waals surface area (Å²) < 4.78 is 7.16. The summed E-state index contributed by atoms with van der Waals surface area (Å²) in [6.07, 6.45) is 0.813. The van der Waals surface area contributed by atoms with Crippen LogP contribution in [0.3, 0.4) is 0 Å². The number of hydrogen-bond donors (Lipinski definition) is 2. The highest BCUT2D eigenvalue weighted by molar-refractivity contribution is 9.11. The average molecular weight is 392 g/mol. The number of amides is 1. The molecular formula is C13H16Br2N2O2. The molecule has 2 rings (SSSR count). The van der Waals surface area contributed by atoms with E-state index in [1.165, 1.54) is 0 Å². The first-order chi connectivity index (χ1) is 9.02. The average Bonchev–Trinajstić information content (AvgIpc) is 2.38. The van der Waals surface area contributed by atoms with Crippen molar-refractivity contribution in [1.29, 1.82) is 0 Å². The molecule has 1 aromatic carbocycles. The number of nitrogens with two attached hydrogens (primary N) is 1. The maximum Gasteiger partial charge on any atom is 0.252 e. The van der Waals surface area contributed by atoms with E-state index < -0.39 is 0 Å². The first-order valence-electron chi connectivity index (χ1n) is 6.16. The van der Waals surface area contributed by atoms with Gasteiger partial charge < -0.3 is 15.8 Å². The topological polar surface area (TPSA) is 64.3 Å². The number of carbonyl (C=O) groups is 1. The fraction of sp³-hybridized carbons (Fsp3) is 0.462. The second-order valence-corrected chi connectivity index (χ2v) is 6.29. The Bertz CT molecular complexity index is 480. The molecule has 0 bridgehead atoms. The van der Waals surface area contributed by atoms with Crippen molar-refractivity contribution in [3.05, 3.63) is 32.7 Å². The third-order valence-electron chi connectivity index (χ3n) is 3.22. The molecule has 0 spiro atoms. The van der Waals surface area contributed by atoms with Crippen LogP contribution in [0.2, 0.25) is 0 Å². The zero-order valence-electron chi connectivity index (χ0n) is 10.5. The van der Waals surface area contributed by atoms with E-state index in [-0.39, 0.29) is 24.1 Å². The van der Waals surface area contributed by atoms with E-state index in [1.54, 1.807) is 6.07 Å². The van der Waals surface area contributed by atoms with Crippen LogP contribution in [0.15, 0.2) is 27.1 Å². The Balaban J connectivity index is 2.06. The molecule has 3 unspecified atom stereocenters. The number of halogens is 2. The predicted molar refractivity (Wildman–Crippen MR) is 81.1 cm³/mol. The lowest BCUT2D eigenvalue weighted by molar-refractivity contribution is -0.0300. The highest BCUT2D eigenvalue weighted by Crippen LogP contribution is 2.25. The zero-order valence-corrected chi connectivity index (χ0v) is 13.7. The van der Waals surface area contributed by atoms with Crippen molar-refractivity contribution in [3.63, 3.8) is 0 Å². The van der Waals surface area contributed by atoms with E-state index >= 15 is 0 Å². The zero-order chi connectivity index (χ0) is 14.0. The predicted octanol–water partition coefficient (Wildman–Crippen LogP) is 2.45. The third kappa shape index (κ3) is 3.37. The van der Waals surface area contributed by atoms with Crippen molar-refractivity contribution in [3.8, 4) is 0 Å². The van der Waals surface area contributed by atoms with E-state index in [4.69, 9.17) is 10.5 Å². The Morgan fingerprint density at radius 3 is 2.89 bits per heavy atom. The lowest BCUT2D eigenvalue weighted by atomic mass is 9.83. The maximum absolute atomic E-state index is 12.2.